The van der Waals surface area contributed by atoms with Crippen LogP contribution in [-0.4, -0.2) is 12.5 Å². The van der Waals surface area contributed by atoms with Gasteiger partial charge in [0.15, 0.2) is 6.61 Å². The fourth-order valence-electron chi connectivity index (χ4n) is 3.78. The molecule has 3 aromatic rings. The van der Waals surface area contributed by atoms with Gasteiger partial charge in [-0.1, -0.05) is 6.07 Å². The molecule has 5 heteroatoms. The molecular formula is C23H23NO4. The van der Waals surface area contributed by atoms with Crippen LogP contribution in [0.15, 0.2) is 39.5 Å². The van der Waals surface area contributed by atoms with Crippen molar-refractivity contribution in [2.24, 2.45) is 0 Å². The molecule has 0 unspecified atom stereocenters. The Morgan fingerprint density at radius 3 is 2.64 bits per heavy atom. The van der Waals surface area contributed by atoms with Crippen molar-refractivity contribution in [1.82, 2.24) is 0 Å². The minimum absolute atomic E-state index is 0.112. The first kappa shape index (κ1) is 18.3. The molecule has 1 aromatic heterocycles. The molecule has 0 spiro atoms. The number of nitrogens with one attached hydrogen (secondary N) is 1. The lowest BCUT2D eigenvalue weighted by molar-refractivity contribution is -0.118. The monoisotopic (exact) mass is 377 g/mol. The molecule has 28 heavy (non-hydrogen) atoms. The Labute approximate surface area is 163 Å². The lowest BCUT2D eigenvalue weighted by Gasteiger charge is -2.13. The zero-order valence-electron chi connectivity index (χ0n) is 16.3. The number of aryl methyl sites for hydroxylation is 4. The molecule has 5 nitrogen and oxygen atoms in total. The van der Waals surface area contributed by atoms with Crippen molar-refractivity contribution in [3.63, 3.8) is 0 Å². The number of ether oxygens (including phenoxy) is 1. The van der Waals surface area contributed by atoms with Gasteiger partial charge in [0.25, 0.3) is 5.91 Å². The summed E-state index contributed by atoms with van der Waals surface area (Å²) in [5.41, 5.74) is 5.96. The minimum Gasteiger partial charge on any atom is -0.483 e. The van der Waals surface area contributed by atoms with E-state index < -0.39 is 0 Å². The van der Waals surface area contributed by atoms with Crippen LogP contribution < -0.4 is 15.7 Å². The first-order valence-corrected chi connectivity index (χ1v) is 9.51. The van der Waals surface area contributed by atoms with Crippen LogP contribution in [-0.2, 0) is 17.6 Å². The Morgan fingerprint density at radius 1 is 1.07 bits per heavy atom. The van der Waals surface area contributed by atoms with Crippen LogP contribution in [0.4, 0.5) is 5.69 Å². The van der Waals surface area contributed by atoms with Gasteiger partial charge in [-0.25, -0.2) is 4.79 Å². The molecule has 0 atom stereocenters. The number of hydrogen-bond donors (Lipinski definition) is 1. The largest absolute Gasteiger partial charge is 0.483 e. The number of anilines is 1. The number of hydrogen-bond acceptors (Lipinski definition) is 4. The molecule has 2 aromatic carbocycles. The van der Waals surface area contributed by atoms with Gasteiger partial charge >= 0.3 is 5.63 Å². The number of rotatable bonds is 4. The molecule has 0 fully saturated rings. The van der Waals surface area contributed by atoms with E-state index in [1.807, 2.05) is 51.1 Å². The van der Waals surface area contributed by atoms with Crippen molar-refractivity contribution in [2.75, 3.05) is 11.9 Å². The van der Waals surface area contributed by atoms with E-state index in [1.165, 1.54) is 5.56 Å². The molecule has 1 heterocycles. The maximum Gasteiger partial charge on any atom is 0.339 e. The topological polar surface area (TPSA) is 68.5 Å². The van der Waals surface area contributed by atoms with Crippen molar-refractivity contribution < 1.29 is 13.9 Å². The lowest BCUT2D eigenvalue weighted by Crippen LogP contribution is -2.20. The van der Waals surface area contributed by atoms with E-state index >= 15 is 0 Å². The molecule has 1 aliphatic rings. The molecule has 0 saturated carbocycles. The second-order valence-electron chi connectivity index (χ2n) is 7.47. The van der Waals surface area contributed by atoms with E-state index in [9.17, 15) is 9.59 Å². The summed E-state index contributed by atoms with van der Waals surface area (Å²) in [5.74, 6) is 0.360. The van der Waals surface area contributed by atoms with Gasteiger partial charge in [0.2, 0.25) is 0 Å². The third-order valence-corrected chi connectivity index (χ3v) is 5.33. The van der Waals surface area contributed by atoms with Crippen LogP contribution in [0.25, 0.3) is 11.0 Å². The highest BCUT2D eigenvalue weighted by Gasteiger charge is 2.22. The molecule has 1 aliphatic carbocycles. The summed E-state index contributed by atoms with van der Waals surface area (Å²) in [5, 5.41) is 3.68. The van der Waals surface area contributed by atoms with Crippen molar-refractivity contribution in [3.8, 4) is 5.75 Å². The number of carbonyl (C=O) groups is 1. The second-order valence-corrected chi connectivity index (χ2v) is 7.47. The lowest BCUT2D eigenvalue weighted by atomic mass is 10.0. The number of amides is 1. The summed E-state index contributed by atoms with van der Waals surface area (Å²) in [6.07, 6.45) is 2.49. The number of carbonyl (C=O) groups excluding carboxylic acids is 1. The first-order valence-electron chi connectivity index (χ1n) is 9.51. The van der Waals surface area contributed by atoms with Gasteiger partial charge in [0, 0.05) is 11.3 Å². The van der Waals surface area contributed by atoms with Gasteiger partial charge in [-0.3, -0.25) is 4.79 Å². The van der Waals surface area contributed by atoms with Crippen LogP contribution in [0.5, 0.6) is 5.75 Å². The molecule has 0 aliphatic heterocycles. The van der Waals surface area contributed by atoms with E-state index in [0.29, 0.717) is 11.3 Å². The van der Waals surface area contributed by atoms with E-state index in [0.717, 1.165) is 52.6 Å². The third kappa shape index (κ3) is 3.40. The molecule has 1 amide bonds. The van der Waals surface area contributed by atoms with E-state index in [1.54, 1.807) is 0 Å². The summed E-state index contributed by atoms with van der Waals surface area (Å²) in [6, 6.07) is 9.54. The van der Waals surface area contributed by atoms with Crippen molar-refractivity contribution in [1.29, 1.82) is 0 Å². The zero-order chi connectivity index (χ0) is 19.8. The number of benzene rings is 2. The molecule has 0 saturated heterocycles. The molecular weight excluding hydrogens is 354 g/mol. The van der Waals surface area contributed by atoms with Crippen molar-refractivity contribution in [3.05, 3.63) is 68.6 Å². The van der Waals surface area contributed by atoms with Gasteiger partial charge < -0.3 is 14.5 Å². The van der Waals surface area contributed by atoms with Gasteiger partial charge in [-0.2, -0.15) is 0 Å². The first-order chi connectivity index (χ1) is 13.4. The normalized spacial score (nSPS) is 12.8. The highest BCUT2D eigenvalue weighted by atomic mass is 16.5. The summed E-state index contributed by atoms with van der Waals surface area (Å²) < 4.78 is 11.4. The minimum atomic E-state index is -0.260. The molecule has 0 radical (unpaired) electrons. The standard InChI is InChI=1S/C23H23NO4/c1-13-9-19(22-17-5-4-6-18(17)23(26)28-20(22)10-13)27-12-21(25)24-16-8-7-14(2)15(3)11-16/h7-11H,4-6,12H2,1-3H3,(H,24,25). The van der Waals surface area contributed by atoms with Crippen LogP contribution in [0.2, 0.25) is 0 Å². The van der Waals surface area contributed by atoms with E-state index in [2.05, 4.69) is 5.32 Å². The Hall–Kier alpha value is -3.08. The van der Waals surface area contributed by atoms with Crippen LogP contribution in [0, 0.1) is 20.8 Å². The summed E-state index contributed by atoms with van der Waals surface area (Å²) in [4.78, 5) is 24.6. The second kappa shape index (κ2) is 7.15. The summed E-state index contributed by atoms with van der Waals surface area (Å²) in [7, 11) is 0. The third-order valence-electron chi connectivity index (χ3n) is 5.33. The molecule has 144 valence electrons. The Balaban J connectivity index is 1.59. The van der Waals surface area contributed by atoms with Gasteiger partial charge in [-0.05, 0) is 86.6 Å². The predicted molar refractivity (Wildman–Crippen MR) is 109 cm³/mol. The predicted octanol–water partition coefficient (Wildman–Crippen LogP) is 4.22. The Morgan fingerprint density at radius 2 is 1.86 bits per heavy atom. The zero-order valence-corrected chi connectivity index (χ0v) is 16.3. The summed E-state index contributed by atoms with van der Waals surface area (Å²) >= 11 is 0. The molecule has 4 rings (SSSR count). The SMILES string of the molecule is Cc1cc(OCC(=O)Nc2ccc(C)c(C)c2)c2c3c(c(=O)oc2c1)CCC3. The average molecular weight is 377 g/mol. The Bertz CT molecular complexity index is 1140. The van der Waals surface area contributed by atoms with Crippen molar-refractivity contribution in [2.45, 2.75) is 40.0 Å². The van der Waals surface area contributed by atoms with Crippen LogP contribution in [0.1, 0.15) is 34.2 Å². The van der Waals surface area contributed by atoms with Crippen molar-refractivity contribution >= 4 is 22.6 Å². The quantitative estimate of drug-likeness (QED) is 0.691. The molecule has 1 N–H and O–H groups in total. The van der Waals surface area contributed by atoms with E-state index in [-0.39, 0.29) is 18.1 Å². The fraction of sp³-hybridized carbons (Fsp3) is 0.304. The van der Waals surface area contributed by atoms with E-state index in [4.69, 9.17) is 9.15 Å². The fourth-order valence-corrected chi connectivity index (χ4v) is 3.78. The highest BCUT2D eigenvalue weighted by Crippen LogP contribution is 2.35. The van der Waals surface area contributed by atoms with Gasteiger partial charge in [0.1, 0.15) is 11.3 Å². The average Bonchev–Trinajstić information content (AvgIpc) is 3.13. The number of fused-ring (bicyclic) bond motifs is 3. The maximum atomic E-state index is 12.4. The maximum absolute atomic E-state index is 12.4. The highest BCUT2D eigenvalue weighted by molar-refractivity contribution is 5.93. The van der Waals surface area contributed by atoms with Gasteiger partial charge in [0.05, 0.1) is 5.39 Å². The Kier molecular flexibility index (Phi) is 4.67. The van der Waals surface area contributed by atoms with Gasteiger partial charge in [-0.15, -0.1) is 0 Å². The summed E-state index contributed by atoms with van der Waals surface area (Å²) in [6.45, 7) is 5.84. The van der Waals surface area contributed by atoms with Crippen LogP contribution in [0.3, 0.4) is 0 Å². The van der Waals surface area contributed by atoms with Crippen LogP contribution >= 0.6 is 0 Å². The smallest absolute Gasteiger partial charge is 0.339 e. The molecule has 0 bridgehead atoms.